The van der Waals surface area contributed by atoms with Crippen LogP contribution in [-0.2, 0) is 0 Å². The zero-order valence-corrected chi connectivity index (χ0v) is 11.6. The average Bonchev–Trinajstić information content (AvgIpc) is 2.78. The van der Waals surface area contributed by atoms with Crippen LogP contribution in [0.15, 0.2) is 23.4 Å². The van der Waals surface area contributed by atoms with Crippen molar-refractivity contribution in [2.45, 2.75) is 19.0 Å². The third-order valence-electron chi connectivity index (χ3n) is 2.65. The van der Waals surface area contributed by atoms with Crippen molar-refractivity contribution in [2.75, 3.05) is 18.9 Å². The molecule has 0 fully saturated rings. The largest absolute Gasteiger partial charge is 0.494 e. The normalized spacial score (nSPS) is 12.8. The van der Waals surface area contributed by atoms with Gasteiger partial charge >= 0.3 is 0 Å². The molecular weight excluding hydrogens is 246 g/mol. The van der Waals surface area contributed by atoms with Gasteiger partial charge in [0.15, 0.2) is 5.16 Å². The number of hydrogen-bond acceptors (Lipinski definition) is 4. The third-order valence-corrected chi connectivity index (χ3v) is 3.85. The maximum absolute atomic E-state index is 5.60. The highest BCUT2D eigenvalue weighted by molar-refractivity contribution is 7.99. The number of ether oxygens (including phenoxy) is 1. The number of hydrogen-bond donors (Lipinski definition) is 2. The van der Waals surface area contributed by atoms with Gasteiger partial charge in [-0.3, -0.25) is 0 Å². The number of H-pyrrole nitrogens is 1. The molecule has 0 radical (unpaired) electrons. The highest BCUT2D eigenvalue weighted by atomic mass is 32.2. The molecule has 0 spiro atoms. The molecule has 1 heterocycles. The van der Waals surface area contributed by atoms with Gasteiger partial charge in [-0.1, -0.05) is 18.7 Å². The summed E-state index contributed by atoms with van der Waals surface area (Å²) in [5.41, 5.74) is 7.59. The fourth-order valence-corrected chi connectivity index (χ4v) is 2.50. The van der Waals surface area contributed by atoms with E-state index in [1.807, 2.05) is 25.1 Å². The lowest BCUT2D eigenvalue weighted by Crippen LogP contribution is -2.12. The number of thioether (sulfide) groups is 1. The zero-order valence-electron chi connectivity index (χ0n) is 10.8. The number of benzene rings is 1. The minimum Gasteiger partial charge on any atom is -0.494 e. The van der Waals surface area contributed by atoms with Crippen molar-refractivity contribution in [1.29, 1.82) is 0 Å². The van der Waals surface area contributed by atoms with E-state index in [-0.39, 0.29) is 0 Å². The van der Waals surface area contributed by atoms with Crippen LogP contribution in [0.25, 0.3) is 11.0 Å². The Morgan fingerprint density at radius 3 is 3.06 bits per heavy atom. The van der Waals surface area contributed by atoms with Crippen LogP contribution in [0, 0.1) is 5.92 Å². The van der Waals surface area contributed by atoms with E-state index in [4.69, 9.17) is 10.5 Å². The molecule has 0 saturated carbocycles. The number of imidazole rings is 1. The van der Waals surface area contributed by atoms with Crippen LogP contribution in [0.3, 0.4) is 0 Å². The number of aromatic amines is 1. The Hall–Kier alpha value is -1.20. The summed E-state index contributed by atoms with van der Waals surface area (Å²) < 4.78 is 5.47. The van der Waals surface area contributed by atoms with Gasteiger partial charge in [0.1, 0.15) is 5.75 Å². The Kier molecular flexibility index (Phi) is 4.49. The van der Waals surface area contributed by atoms with Crippen LogP contribution >= 0.6 is 11.8 Å². The van der Waals surface area contributed by atoms with Crippen molar-refractivity contribution in [1.82, 2.24) is 9.97 Å². The monoisotopic (exact) mass is 265 g/mol. The van der Waals surface area contributed by atoms with Gasteiger partial charge in [0.05, 0.1) is 17.6 Å². The predicted molar refractivity (Wildman–Crippen MR) is 76.2 cm³/mol. The molecule has 2 rings (SSSR count). The minimum atomic E-state index is 0.502. The van der Waals surface area contributed by atoms with Crippen molar-refractivity contribution in [3.8, 4) is 5.75 Å². The topological polar surface area (TPSA) is 63.9 Å². The van der Waals surface area contributed by atoms with Gasteiger partial charge in [-0.05, 0) is 31.5 Å². The molecule has 0 aliphatic rings. The van der Waals surface area contributed by atoms with E-state index in [9.17, 15) is 0 Å². The molecule has 0 saturated heterocycles. The first-order valence-electron chi connectivity index (χ1n) is 6.18. The van der Waals surface area contributed by atoms with Crippen LogP contribution in [0.2, 0.25) is 0 Å². The fraction of sp³-hybridized carbons (Fsp3) is 0.462. The summed E-state index contributed by atoms with van der Waals surface area (Å²) in [6.45, 7) is 5.51. The molecule has 0 amide bonds. The molecule has 1 aromatic carbocycles. The molecule has 1 unspecified atom stereocenters. The quantitative estimate of drug-likeness (QED) is 0.788. The number of fused-ring (bicyclic) bond motifs is 1. The summed E-state index contributed by atoms with van der Waals surface area (Å²) >= 11 is 1.71. The van der Waals surface area contributed by atoms with Crippen molar-refractivity contribution >= 4 is 22.8 Å². The first-order valence-corrected chi connectivity index (χ1v) is 7.17. The van der Waals surface area contributed by atoms with Gasteiger partial charge < -0.3 is 15.5 Å². The van der Waals surface area contributed by atoms with Gasteiger partial charge in [0, 0.05) is 11.8 Å². The second-order valence-electron chi connectivity index (χ2n) is 4.31. The Labute approximate surface area is 111 Å². The molecule has 0 bridgehead atoms. The lowest BCUT2D eigenvalue weighted by molar-refractivity contribution is 0.340. The van der Waals surface area contributed by atoms with Gasteiger partial charge in [0.25, 0.3) is 0 Å². The Bertz CT molecular complexity index is 512. The molecule has 2 aromatic rings. The molecule has 3 N–H and O–H groups in total. The predicted octanol–water partition coefficient (Wildman–Crippen LogP) is 2.65. The Balaban J connectivity index is 2.11. The molecule has 1 atom stereocenters. The fourth-order valence-electron chi connectivity index (χ4n) is 1.58. The molecule has 98 valence electrons. The molecule has 0 aliphatic heterocycles. The number of nitrogens with zero attached hydrogens (tertiary/aromatic N) is 1. The van der Waals surface area contributed by atoms with Crippen LogP contribution in [0.5, 0.6) is 5.75 Å². The van der Waals surface area contributed by atoms with E-state index in [0.717, 1.165) is 27.7 Å². The van der Waals surface area contributed by atoms with E-state index < -0.39 is 0 Å². The van der Waals surface area contributed by atoms with Crippen LogP contribution in [0.1, 0.15) is 13.8 Å². The van der Waals surface area contributed by atoms with E-state index >= 15 is 0 Å². The molecular formula is C13H19N3OS. The molecule has 0 aliphatic carbocycles. The van der Waals surface area contributed by atoms with Crippen molar-refractivity contribution < 1.29 is 4.74 Å². The van der Waals surface area contributed by atoms with E-state index in [0.29, 0.717) is 19.1 Å². The summed E-state index contributed by atoms with van der Waals surface area (Å²) in [4.78, 5) is 7.84. The van der Waals surface area contributed by atoms with Gasteiger partial charge in [-0.2, -0.15) is 0 Å². The smallest absolute Gasteiger partial charge is 0.166 e. The van der Waals surface area contributed by atoms with Crippen LogP contribution < -0.4 is 10.5 Å². The summed E-state index contributed by atoms with van der Waals surface area (Å²) in [5.74, 6) is 2.36. The van der Waals surface area contributed by atoms with Crippen LogP contribution in [-0.4, -0.2) is 28.9 Å². The Morgan fingerprint density at radius 2 is 2.33 bits per heavy atom. The highest BCUT2D eigenvalue weighted by Gasteiger charge is 2.06. The lowest BCUT2D eigenvalue weighted by atomic mass is 10.2. The number of rotatable bonds is 6. The van der Waals surface area contributed by atoms with Crippen molar-refractivity contribution in [2.24, 2.45) is 11.7 Å². The van der Waals surface area contributed by atoms with Crippen molar-refractivity contribution in [3.63, 3.8) is 0 Å². The molecule has 1 aromatic heterocycles. The molecule has 18 heavy (non-hydrogen) atoms. The molecule has 4 nitrogen and oxygen atoms in total. The van der Waals surface area contributed by atoms with E-state index in [1.165, 1.54) is 0 Å². The highest BCUT2D eigenvalue weighted by Crippen LogP contribution is 2.24. The second-order valence-corrected chi connectivity index (χ2v) is 5.31. The van der Waals surface area contributed by atoms with Gasteiger partial charge in [-0.25, -0.2) is 4.98 Å². The summed E-state index contributed by atoms with van der Waals surface area (Å²) in [5, 5.41) is 0.943. The molecule has 5 heteroatoms. The second kappa shape index (κ2) is 6.11. The first kappa shape index (κ1) is 13.2. The SMILES string of the molecule is CCOc1ccc2nc(SCC(C)CN)[nH]c2c1. The summed E-state index contributed by atoms with van der Waals surface area (Å²) in [6, 6.07) is 5.92. The summed E-state index contributed by atoms with van der Waals surface area (Å²) in [6.07, 6.45) is 0. The minimum absolute atomic E-state index is 0.502. The average molecular weight is 265 g/mol. The zero-order chi connectivity index (χ0) is 13.0. The maximum Gasteiger partial charge on any atom is 0.166 e. The third kappa shape index (κ3) is 3.17. The lowest BCUT2D eigenvalue weighted by Gasteiger charge is -2.04. The number of nitrogens with two attached hydrogens (primary N) is 1. The first-order chi connectivity index (χ1) is 8.72. The standard InChI is InChI=1S/C13H19N3OS/c1-3-17-10-4-5-11-12(6-10)16-13(15-11)18-8-9(2)7-14/h4-6,9H,3,7-8,14H2,1-2H3,(H,15,16). The van der Waals surface area contributed by atoms with E-state index in [2.05, 4.69) is 16.9 Å². The van der Waals surface area contributed by atoms with Crippen molar-refractivity contribution in [3.05, 3.63) is 18.2 Å². The van der Waals surface area contributed by atoms with E-state index in [1.54, 1.807) is 11.8 Å². The number of nitrogens with one attached hydrogen (secondary N) is 1. The summed E-state index contributed by atoms with van der Waals surface area (Å²) in [7, 11) is 0. The number of aromatic nitrogens is 2. The van der Waals surface area contributed by atoms with Gasteiger partial charge in [-0.15, -0.1) is 0 Å². The van der Waals surface area contributed by atoms with Gasteiger partial charge in [0.2, 0.25) is 0 Å². The Morgan fingerprint density at radius 1 is 1.50 bits per heavy atom. The maximum atomic E-state index is 5.60. The van der Waals surface area contributed by atoms with Crippen LogP contribution in [0.4, 0.5) is 0 Å².